The first kappa shape index (κ1) is 13.6. The van der Waals surface area contributed by atoms with Crippen LogP contribution in [0.4, 0.5) is 4.79 Å². The molecule has 102 valence electrons. The highest BCUT2D eigenvalue weighted by Gasteiger charge is 2.30. The molecule has 4 heteroatoms. The van der Waals surface area contributed by atoms with E-state index >= 15 is 0 Å². The molecule has 0 aromatic carbocycles. The fourth-order valence-electron chi connectivity index (χ4n) is 2.14. The Kier molecular flexibility index (Phi) is 3.60. The van der Waals surface area contributed by atoms with Crippen molar-refractivity contribution in [1.29, 1.82) is 0 Å². The second-order valence-corrected chi connectivity index (χ2v) is 5.70. The summed E-state index contributed by atoms with van der Waals surface area (Å²) in [5.74, 6) is 0. The van der Waals surface area contributed by atoms with Crippen LogP contribution in [-0.4, -0.2) is 29.4 Å². The van der Waals surface area contributed by atoms with Gasteiger partial charge >= 0.3 is 6.09 Å². The normalized spacial score (nSPS) is 18.3. The first-order valence-electron chi connectivity index (χ1n) is 6.45. The molecule has 2 aliphatic rings. The Morgan fingerprint density at radius 3 is 2.79 bits per heavy atom. The molecule has 1 amide bonds. The average molecular weight is 261 g/mol. The third-order valence-electron chi connectivity index (χ3n) is 2.98. The van der Waals surface area contributed by atoms with Gasteiger partial charge in [-0.15, -0.1) is 0 Å². The minimum Gasteiger partial charge on any atom is -0.443 e. The lowest BCUT2D eigenvalue weighted by Crippen LogP contribution is -2.34. The minimum absolute atomic E-state index is 0.336. The summed E-state index contributed by atoms with van der Waals surface area (Å²) in [6, 6.07) is 0. The highest BCUT2D eigenvalue weighted by atomic mass is 16.6. The van der Waals surface area contributed by atoms with Crippen LogP contribution >= 0.6 is 0 Å². The van der Waals surface area contributed by atoms with E-state index in [4.69, 9.17) is 4.74 Å². The number of carbonyl (C=O) groups excluding carboxylic acids is 2. The lowest BCUT2D eigenvalue weighted by molar-refractivity contribution is -0.107. The number of rotatable bonds is 2. The number of aldehydes is 1. The molecule has 2 rings (SSSR count). The molecule has 0 aromatic heterocycles. The van der Waals surface area contributed by atoms with Gasteiger partial charge in [0.05, 0.1) is 5.70 Å². The summed E-state index contributed by atoms with van der Waals surface area (Å²) < 4.78 is 5.39. The van der Waals surface area contributed by atoms with E-state index < -0.39 is 5.60 Å². The molecule has 0 unspecified atom stereocenters. The fraction of sp³-hybridized carbons (Fsp3) is 0.467. The lowest BCUT2D eigenvalue weighted by Gasteiger charge is -2.26. The second kappa shape index (κ2) is 5.03. The Morgan fingerprint density at radius 2 is 2.16 bits per heavy atom. The predicted octanol–water partition coefficient (Wildman–Crippen LogP) is 2.97. The van der Waals surface area contributed by atoms with Gasteiger partial charge in [-0.3, -0.25) is 4.90 Å². The monoisotopic (exact) mass is 261 g/mol. The maximum absolute atomic E-state index is 12.1. The van der Waals surface area contributed by atoms with Crippen LogP contribution in [0.15, 0.2) is 35.1 Å². The number of fused-ring (bicyclic) bond motifs is 1. The van der Waals surface area contributed by atoms with E-state index in [2.05, 4.69) is 0 Å². The van der Waals surface area contributed by atoms with Gasteiger partial charge in [0, 0.05) is 13.0 Å². The van der Waals surface area contributed by atoms with Crippen LogP contribution in [0.1, 0.15) is 33.6 Å². The molecule has 0 bridgehead atoms. The summed E-state index contributed by atoms with van der Waals surface area (Å²) in [7, 11) is 0. The zero-order valence-corrected chi connectivity index (χ0v) is 11.6. The summed E-state index contributed by atoms with van der Waals surface area (Å²) in [6.45, 7) is 6.09. The van der Waals surface area contributed by atoms with Crippen LogP contribution in [0.3, 0.4) is 0 Å². The first-order chi connectivity index (χ1) is 8.90. The second-order valence-electron chi connectivity index (χ2n) is 5.70. The van der Waals surface area contributed by atoms with Crippen molar-refractivity contribution >= 4 is 12.4 Å². The van der Waals surface area contributed by atoms with E-state index in [1.54, 1.807) is 4.90 Å². The van der Waals surface area contributed by atoms with E-state index in [-0.39, 0.29) is 6.09 Å². The van der Waals surface area contributed by atoms with Crippen LogP contribution in [0.25, 0.3) is 0 Å². The largest absolute Gasteiger partial charge is 0.443 e. The quantitative estimate of drug-likeness (QED) is 0.718. The van der Waals surface area contributed by atoms with Gasteiger partial charge < -0.3 is 9.53 Å². The molecular formula is C15H19NO3. The fourth-order valence-corrected chi connectivity index (χ4v) is 2.14. The van der Waals surface area contributed by atoms with E-state index in [1.807, 2.05) is 39.0 Å². The lowest BCUT2D eigenvalue weighted by atomic mass is 9.98. The molecule has 19 heavy (non-hydrogen) atoms. The van der Waals surface area contributed by atoms with E-state index in [1.165, 1.54) is 0 Å². The molecule has 0 saturated carbocycles. The van der Waals surface area contributed by atoms with Crippen molar-refractivity contribution in [3.63, 3.8) is 0 Å². The predicted molar refractivity (Wildman–Crippen MR) is 72.5 cm³/mol. The molecule has 0 saturated heterocycles. The van der Waals surface area contributed by atoms with Crippen LogP contribution in [-0.2, 0) is 9.53 Å². The SMILES string of the molecule is CC(C)(C)OC(=O)N1CC=C2CC=C(CC=O)C=C21. The van der Waals surface area contributed by atoms with Gasteiger partial charge in [0.2, 0.25) is 0 Å². The summed E-state index contributed by atoms with van der Waals surface area (Å²) in [5.41, 5.74) is 2.45. The third kappa shape index (κ3) is 3.13. The van der Waals surface area contributed by atoms with E-state index in [0.717, 1.165) is 29.6 Å². The van der Waals surface area contributed by atoms with Crippen molar-refractivity contribution in [2.45, 2.75) is 39.2 Å². The number of carbonyl (C=O) groups is 2. The van der Waals surface area contributed by atoms with Crippen molar-refractivity contribution in [3.8, 4) is 0 Å². The summed E-state index contributed by atoms with van der Waals surface area (Å²) in [5, 5.41) is 0. The number of amides is 1. The maximum Gasteiger partial charge on any atom is 0.415 e. The van der Waals surface area contributed by atoms with Gasteiger partial charge in [-0.2, -0.15) is 0 Å². The summed E-state index contributed by atoms with van der Waals surface area (Å²) in [6.07, 6.45) is 7.67. The third-order valence-corrected chi connectivity index (χ3v) is 2.98. The molecule has 0 atom stereocenters. The molecule has 0 aromatic rings. The zero-order chi connectivity index (χ0) is 14.0. The van der Waals surface area contributed by atoms with Crippen LogP contribution < -0.4 is 0 Å². The van der Waals surface area contributed by atoms with Gasteiger partial charge in [-0.25, -0.2) is 4.79 Å². The molecule has 1 aliphatic carbocycles. The number of ether oxygens (including phenoxy) is 1. The zero-order valence-electron chi connectivity index (χ0n) is 11.6. The summed E-state index contributed by atoms with van der Waals surface area (Å²) in [4.78, 5) is 24.3. The molecule has 4 nitrogen and oxygen atoms in total. The Balaban J connectivity index is 2.15. The molecule has 0 N–H and O–H groups in total. The first-order valence-corrected chi connectivity index (χ1v) is 6.45. The van der Waals surface area contributed by atoms with Crippen LogP contribution in [0.2, 0.25) is 0 Å². The summed E-state index contributed by atoms with van der Waals surface area (Å²) >= 11 is 0. The number of allylic oxidation sites excluding steroid dienone is 4. The smallest absolute Gasteiger partial charge is 0.415 e. The number of nitrogens with zero attached hydrogens (tertiary/aromatic N) is 1. The average Bonchev–Trinajstić information content (AvgIpc) is 2.70. The maximum atomic E-state index is 12.1. The van der Waals surface area contributed by atoms with Gasteiger partial charge in [-0.1, -0.05) is 12.2 Å². The van der Waals surface area contributed by atoms with Crippen molar-refractivity contribution in [2.24, 2.45) is 0 Å². The van der Waals surface area contributed by atoms with E-state index in [9.17, 15) is 9.59 Å². The number of hydrogen-bond donors (Lipinski definition) is 0. The van der Waals surface area contributed by atoms with Crippen LogP contribution in [0.5, 0.6) is 0 Å². The van der Waals surface area contributed by atoms with Crippen LogP contribution in [0, 0.1) is 0 Å². The Morgan fingerprint density at radius 1 is 1.42 bits per heavy atom. The topological polar surface area (TPSA) is 46.6 Å². The molecular weight excluding hydrogens is 242 g/mol. The van der Waals surface area contributed by atoms with Gasteiger partial charge in [-0.05, 0) is 44.4 Å². The van der Waals surface area contributed by atoms with Gasteiger partial charge in [0.1, 0.15) is 11.9 Å². The van der Waals surface area contributed by atoms with Crippen molar-refractivity contribution in [3.05, 3.63) is 35.1 Å². The van der Waals surface area contributed by atoms with Crippen molar-refractivity contribution in [2.75, 3.05) is 6.54 Å². The van der Waals surface area contributed by atoms with Crippen molar-refractivity contribution in [1.82, 2.24) is 4.90 Å². The molecule has 1 heterocycles. The number of hydrogen-bond acceptors (Lipinski definition) is 3. The van der Waals surface area contributed by atoms with Crippen molar-refractivity contribution < 1.29 is 14.3 Å². The van der Waals surface area contributed by atoms with Gasteiger partial charge in [0.15, 0.2) is 0 Å². The highest BCUT2D eigenvalue weighted by molar-refractivity contribution is 5.74. The highest BCUT2D eigenvalue weighted by Crippen LogP contribution is 2.32. The van der Waals surface area contributed by atoms with Gasteiger partial charge in [0.25, 0.3) is 0 Å². The molecule has 1 aliphatic heterocycles. The van der Waals surface area contributed by atoms with E-state index in [0.29, 0.717) is 13.0 Å². The Labute approximate surface area is 113 Å². The standard InChI is InChI=1S/C15H19NO3/c1-15(2,3)19-14(18)16-8-6-12-5-4-11(7-9-17)10-13(12)16/h4,6,9-10H,5,7-8H2,1-3H3. The molecule has 0 spiro atoms. The molecule has 0 fully saturated rings. The minimum atomic E-state index is -0.503. The molecule has 0 radical (unpaired) electrons. The Hall–Kier alpha value is -1.84. The Bertz CT molecular complexity index is 492.